The minimum absolute atomic E-state index is 0.0443. The van der Waals surface area contributed by atoms with Crippen LogP contribution in [0.4, 0.5) is 4.79 Å². The molecule has 1 aliphatic heterocycles. The van der Waals surface area contributed by atoms with Crippen LogP contribution in [0.25, 0.3) is 0 Å². The average molecular weight is 272 g/mol. The molecule has 1 fully saturated rings. The lowest BCUT2D eigenvalue weighted by molar-refractivity contribution is -0.137. The van der Waals surface area contributed by atoms with Crippen molar-refractivity contribution in [2.75, 3.05) is 26.7 Å². The monoisotopic (exact) mass is 272 g/mol. The van der Waals surface area contributed by atoms with Gasteiger partial charge in [-0.15, -0.1) is 0 Å². The smallest absolute Gasteiger partial charge is 0.320 e. The predicted molar refractivity (Wildman–Crippen MR) is 70.9 cm³/mol. The van der Waals surface area contributed by atoms with Crippen LogP contribution in [-0.4, -0.2) is 64.8 Å². The molecule has 0 aromatic heterocycles. The van der Waals surface area contributed by atoms with Crippen molar-refractivity contribution < 1.29 is 19.8 Å². The molecule has 1 aliphatic rings. The zero-order valence-electron chi connectivity index (χ0n) is 11.7. The van der Waals surface area contributed by atoms with E-state index >= 15 is 0 Å². The summed E-state index contributed by atoms with van der Waals surface area (Å²) < 4.78 is 0. The Kier molecular flexibility index (Phi) is 6.08. The van der Waals surface area contributed by atoms with Gasteiger partial charge in [0.15, 0.2) is 0 Å². The summed E-state index contributed by atoms with van der Waals surface area (Å²) in [5.74, 6) is -0.351. The number of carbonyl (C=O) groups excluding carboxylic acids is 1. The highest BCUT2D eigenvalue weighted by molar-refractivity contribution is 5.74. The van der Waals surface area contributed by atoms with Gasteiger partial charge in [-0.2, -0.15) is 0 Å². The largest absolute Gasteiger partial charge is 0.481 e. The number of aliphatic carboxylic acids is 1. The first-order valence-corrected chi connectivity index (χ1v) is 6.80. The number of urea groups is 1. The number of rotatable bonds is 5. The number of carbonyl (C=O) groups is 2. The fraction of sp³-hybridized carbons (Fsp3) is 0.846. The molecular weight excluding hydrogens is 248 g/mol. The molecule has 0 bridgehead atoms. The van der Waals surface area contributed by atoms with Gasteiger partial charge in [0.2, 0.25) is 0 Å². The van der Waals surface area contributed by atoms with Crippen molar-refractivity contribution in [2.45, 2.75) is 38.6 Å². The lowest BCUT2D eigenvalue weighted by Gasteiger charge is -2.36. The zero-order chi connectivity index (χ0) is 14.4. The number of hydrogen-bond acceptors (Lipinski definition) is 3. The summed E-state index contributed by atoms with van der Waals surface area (Å²) in [4.78, 5) is 26.0. The van der Waals surface area contributed by atoms with Crippen molar-refractivity contribution in [1.29, 1.82) is 0 Å². The Hall–Kier alpha value is -1.30. The van der Waals surface area contributed by atoms with Gasteiger partial charge in [0.05, 0.1) is 12.6 Å². The number of aliphatic hydroxyl groups is 1. The fourth-order valence-corrected chi connectivity index (χ4v) is 2.27. The first-order valence-electron chi connectivity index (χ1n) is 6.80. The van der Waals surface area contributed by atoms with E-state index < -0.39 is 5.97 Å². The number of likely N-dealkylation sites (tertiary alicyclic amines) is 1. The molecule has 1 unspecified atom stereocenters. The van der Waals surface area contributed by atoms with Crippen molar-refractivity contribution in [3.63, 3.8) is 0 Å². The van der Waals surface area contributed by atoms with E-state index in [4.69, 9.17) is 10.2 Å². The number of aliphatic hydroxyl groups excluding tert-OH is 1. The van der Waals surface area contributed by atoms with Gasteiger partial charge < -0.3 is 20.0 Å². The Morgan fingerprint density at radius 3 is 2.42 bits per heavy atom. The van der Waals surface area contributed by atoms with Gasteiger partial charge in [0.25, 0.3) is 0 Å². The SMILES string of the molecule is CC(CO)N(C)C(=O)N1CCC(CCC(=O)O)CC1. The third kappa shape index (κ3) is 4.70. The molecule has 6 nitrogen and oxygen atoms in total. The summed E-state index contributed by atoms with van der Waals surface area (Å²) in [6.45, 7) is 3.10. The van der Waals surface area contributed by atoms with Gasteiger partial charge in [0, 0.05) is 26.6 Å². The van der Waals surface area contributed by atoms with E-state index in [1.54, 1.807) is 23.8 Å². The Bertz CT molecular complexity index is 314. The van der Waals surface area contributed by atoms with Crippen LogP contribution in [0, 0.1) is 5.92 Å². The van der Waals surface area contributed by atoms with Crippen molar-refractivity contribution in [3.8, 4) is 0 Å². The van der Waals surface area contributed by atoms with Gasteiger partial charge in [-0.1, -0.05) is 0 Å². The highest BCUT2D eigenvalue weighted by Gasteiger charge is 2.26. The first kappa shape index (κ1) is 15.8. The molecule has 0 aliphatic carbocycles. The van der Waals surface area contributed by atoms with Gasteiger partial charge in [-0.3, -0.25) is 4.79 Å². The number of nitrogens with zero attached hydrogens (tertiary/aromatic N) is 2. The normalized spacial score (nSPS) is 18.2. The maximum Gasteiger partial charge on any atom is 0.320 e. The molecule has 1 rings (SSSR count). The summed E-state index contributed by atoms with van der Waals surface area (Å²) in [5, 5.41) is 17.7. The molecule has 6 heteroatoms. The van der Waals surface area contributed by atoms with Gasteiger partial charge >= 0.3 is 12.0 Å². The minimum atomic E-state index is -0.755. The van der Waals surface area contributed by atoms with Gasteiger partial charge in [-0.05, 0) is 32.1 Å². The summed E-state index contributed by atoms with van der Waals surface area (Å²) in [5.41, 5.74) is 0. The molecule has 1 heterocycles. The second-order valence-electron chi connectivity index (χ2n) is 5.29. The lowest BCUT2D eigenvalue weighted by Crippen LogP contribution is -2.48. The number of carboxylic acid groups (broad SMARTS) is 1. The standard InChI is InChI=1S/C13H24N2O4/c1-10(9-16)14(2)13(19)15-7-5-11(6-8-15)3-4-12(17)18/h10-11,16H,3-9H2,1-2H3,(H,17,18). The molecule has 19 heavy (non-hydrogen) atoms. The zero-order valence-corrected chi connectivity index (χ0v) is 11.7. The Morgan fingerprint density at radius 2 is 1.95 bits per heavy atom. The quantitative estimate of drug-likeness (QED) is 0.782. The molecule has 2 N–H and O–H groups in total. The number of carboxylic acids is 1. The van der Waals surface area contributed by atoms with Crippen molar-refractivity contribution >= 4 is 12.0 Å². The second-order valence-corrected chi connectivity index (χ2v) is 5.29. The van der Waals surface area contributed by atoms with E-state index in [2.05, 4.69) is 0 Å². The van der Waals surface area contributed by atoms with Crippen LogP contribution in [0.5, 0.6) is 0 Å². The summed E-state index contributed by atoms with van der Waals surface area (Å²) in [7, 11) is 1.69. The van der Waals surface area contributed by atoms with E-state index in [9.17, 15) is 9.59 Å². The van der Waals surface area contributed by atoms with Crippen LogP contribution in [0.3, 0.4) is 0 Å². The fourth-order valence-electron chi connectivity index (χ4n) is 2.27. The van der Waals surface area contributed by atoms with Crippen molar-refractivity contribution in [1.82, 2.24) is 9.80 Å². The van der Waals surface area contributed by atoms with Gasteiger partial charge in [-0.25, -0.2) is 4.79 Å². The number of hydrogen-bond donors (Lipinski definition) is 2. The van der Waals surface area contributed by atoms with Crippen LogP contribution in [0.1, 0.15) is 32.6 Å². The molecule has 0 aromatic rings. The van der Waals surface area contributed by atoms with Crippen molar-refractivity contribution in [3.05, 3.63) is 0 Å². The Labute approximate surface area is 114 Å². The Morgan fingerprint density at radius 1 is 1.37 bits per heavy atom. The molecule has 0 spiro atoms. The van der Waals surface area contributed by atoms with E-state index in [-0.39, 0.29) is 25.1 Å². The number of amides is 2. The molecule has 0 aromatic carbocycles. The predicted octanol–water partition coefficient (Wildman–Crippen LogP) is 0.996. The van der Waals surface area contributed by atoms with E-state index in [0.717, 1.165) is 12.8 Å². The molecule has 2 amide bonds. The molecular formula is C13H24N2O4. The molecule has 1 atom stereocenters. The maximum atomic E-state index is 12.1. The van der Waals surface area contributed by atoms with E-state index in [0.29, 0.717) is 25.4 Å². The Balaban J connectivity index is 2.36. The van der Waals surface area contributed by atoms with Crippen molar-refractivity contribution in [2.24, 2.45) is 5.92 Å². The van der Waals surface area contributed by atoms with E-state index in [1.807, 2.05) is 0 Å². The van der Waals surface area contributed by atoms with Crippen LogP contribution >= 0.6 is 0 Å². The highest BCUT2D eigenvalue weighted by Crippen LogP contribution is 2.22. The molecule has 1 saturated heterocycles. The molecule has 110 valence electrons. The molecule has 0 saturated carbocycles. The third-order valence-corrected chi connectivity index (χ3v) is 3.88. The second kappa shape index (κ2) is 7.33. The number of piperidine rings is 1. The summed E-state index contributed by atoms with van der Waals surface area (Å²) in [6, 6.07) is -0.240. The third-order valence-electron chi connectivity index (χ3n) is 3.88. The lowest BCUT2D eigenvalue weighted by atomic mass is 9.92. The summed E-state index contributed by atoms with van der Waals surface area (Å²) >= 11 is 0. The average Bonchev–Trinajstić information content (AvgIpc) is 2.43. The number of likely N-dealkylation sites (N-methyl/N-ethyl adjacent to an activating group) is 1. The summed E-state index contributed by atoms with van der Waals surface area (Å²) in [6.07, 6.45) is 2.63. The van der Waals surface area contributed by atoms with Gasteiger partial charge in [0.1, 0.15) is 0 Å². The van der Waals surface area contributed by atoms with Crippen LogP contribution in [0.15, 0.2) is 0 Å². The maximum absolute atomic E-state index is 12.1. The molecule has 0 radical (unpaired) electrons. The van der Waals surface area contributed by atoms with Crippen LogP contribution in [0.2, 0.25) is 0 Å². The minimum Gasteiger partial charge on any atom is -0.481 e. The van der Waals surface area contributed by atoms with Crippen LogP contribution < -0.4 is 0 Å². The highest BCUT2D eigenvalue weighted by atomic mass is 16.4. The first-order chi connectivity index (χ1) is 8.95. The van der Waals surface area contributed by atoms with E-state index in [1.165, 1.54) is 0 Å². The topological polar surface area (TPSA) is 81.1 Å². The van der Waals surface area contributed by atoms with Crippen LogP contribution in [-0.2, 0) is 4.79 Å².